The van der Waals surface area contributed by atoms with E-state index in [0.717, 1.165) is 25.0 Å². The van der Waals surface area contributed by atoms with Gasteiger partial charge in [0, 0.05) is 17.7 Å². The molecule has 1 fully saturated rings. The fourth-order valence-corrected chi connectivity index (χ4v) is 3.62. The molecule has 3 N–H and O–H groups in total. The molecular weight excluding hydrogens is 496 g/mol. The second kappa shape index (κ2) is 9.13. The predicted molar refractivity (Wildman–Crippen MR) is 113 cm³/mol. The van der Waals surface area contributed by atoms with Crippen LogP contribution in [0, 0.1) is 12.8 Å². The number of rotatable bonds is 4. The van der Waals surface area contributed by atoms with Crippen LogP contribution in [0.4, 0.5) is 13.2 Å². The van der Waals surface area contributed by atoms with Crippen LogP contribution >= 0.6 is 34.8 Å². The Kier molecular flexibility index (Phi) is 7.05. The van der Waals surface area contributed by atoms with Crippen molar-refractivity contribution < 1.29 is 32.3 Å². The fourth-order valence-electron chi connectivity index (χ4n) is 3.02. The van der Waals surface area contributed by atoms with Crippen molar-refractivity contribution in [2.45, 2.75) is 44.5 Å². The van der Waals surface area contributed by atoms with E-state index in [2.05, 4.69) is 5.16 Å². The number of furan rings is 1. The van der Waals surface area contributed by atoms with E-state index in [0.29, 0.717) is 11.3 Å². The van der Waals surface area contributed by atoms with Crippen molar-refractivity contribution in [3.63, 3.8) is 0 Å². The van der Waals surface area contributed by atoms with Crippen molar-refractivity contribution >= 4 is 46.5 Å². The zero-order valence-electron chi connectivity index (χ0n) is 16.6. The largest absolute Gasteiger partial charge is 0.481 e. The highest BCUT2D eigenvalue weighted by Crippen LogP contribution is 2.50. The van der Waals surface area contributed by atoms with Gasteiger partial charge in [0.15, 0.2) is 5.76 Å². The lowest BCUT2D eigenvalue weighted by atomic mass is 9.87. The second-order valence-corrected chi connectivity index (χ2v) is 8.59. The molecule has 4 rings (SSSR count). The zero-order chi connectivity index (χ0) is 23.8. The Hall–Kier alpha value is -1.94. The number of benzene rings is 1. The van der Waals surface area contributed by atoms with Gasteiger partial charge in [-0.3, -0.25) is 4.79 Å². The highest BCUT2D eigenvalue weighted by atomic mass is 35.5. The Bertz CT molecular complexity index is 1040. The molecule has 2 aliphatic rings. The Morgan fingerprint density at radius 3 is 2.25 bits per heavy atom. The molecule has 12 heteroatoms. The normalized spacial score (nSPS) is 20.3. The van der Waals surface area contributed by atoms with Crippen LogP contribution in [0.1, 0.15) is 41.9 Å². The summed E-state index contributed by atoms with van der Waals surface area (Å²) in [7, 11) is 0. The monoisotopic (exact) mass is 512 g/mol. The van der Waals surface area contributed by atoms with Crippen molar-refractivity contribution in [1.29, 1.82) is 0 Å². The maximum atomic E-state index is 13.9. The number of hydrogen-bond acceptors (Lipinski definition) is 5. The van der Waals surface area contributed by atoms with E-state index in [4.69, 9.17) is 54.9 Å². The quantitative estimate of drug-likeness (QED) is 0.484. The molecule has 1 aromatic carbocycles. The Morgan fingerprint density at radius 2 is 1.84 bits per heavy atom. The molecule has 0 radical (unpaired) electrons. The van der Waals surface area contributed by atoms with Gasteiger partial charge in [0.1, 0.15) is 11.5 Å². The van der Waals surface area contributed by atoms with Crippen LogP contribution in [-0.2, 0) is 21.8 Å². The Morgan fingerprint density at radius 1 is 1.25 bits per heavy atom. The minimum Gasteiger partial charge on any atom is -0.481 e. The van der Waals surface area contributed by atoms with E-state index >= 15 is 0 Å². The van der Waals surface area contributed by atoms with Crippen LogP contribution < -0.4 is 5.73 Å². The molecule has 1 unspecified atom stereocenters. The van der Waals surface area contributed by atoms with Gasteiger partial charge in [-0.05, 0) is 38.0 Å². The fraction of sp³-hybridized carbons (Fsp3) is 0.400. The molecule has 1 aliphatic heterocycles. The lowest BCUT2D eigenvalue weighted by molar-refractivity contribution is -0.275. The van der Waals surface area contributed by atoms with E-state index in [9.17, 15) is 18.0 Å². The van der Waals surface area contributed by atoms with E-state index < -0.39 is 24.2 Å². The standard InChI is InChI=1S/C16H12Cl3F3N2O2.C4H6O2/c1-7-8(6-23)2-13(25-7)12-5-15(26-24-12,16(20,21)22)9-3-10(17)14(19)11(18)4-9;5-4(6)3-1-2-3/h2-4H,5-6,23H2,1H3;3H,1-2H2,(H,5,6). The summed E-state index contributed by atoms with van der Waals surface area (Å²) >= 11 is 17.6. The van der Waals surface area contributed by atoms with Gasteiger partial charge in [-0.15, -0.1) is 0 Å². The summed E-state index contributed by atoms with van der Waals surface area (Å²) in [6.07, 6.45) is -3.61. The summed E-state index contributed by atoms with van der Waals surface area (Å²) in [5.41, 5.74) is 3.20. The number of carboxylic acids is 1. The second-order valence-electron chi connectivity index (χ2n) is 7.39. The first-order valence-electron chi connectivity index (χ1n) is 9.39. The predicted octanol–water partition coefficient (Wildman–Crippen LogP) is 6.07. The van der Waals surface area contributed by atoms with Gasteiger partial charge in [0.05, 0.1) is 27.4 Å². The first-order valence-corrected chi connectivity index (χ1v) is 10.5. The lowest BCUT2D eigenvalue weighted by Gasteiger charge is -2.29. The van der Waals surface area contributed by atoms with Crippen molar-refractivity contribution in [2.24, 2.45) is 16.8 Å². The number of aryl methyl sites for hydroxylation is 1. The van der Waals surface area contributed by atoms with Crippen LogP contribution in [0.3, 0.4) is 0 Å². The lowest BCUT2D eigenvalue weighted by Crippen LogP contribution is -2.42. The van der Waals surface area contributed by atoms with Crippen LogP contribution in [0.2, 0.25) is 15.1 Å². The van der Waals surface area contributed by atoms with Gasteiger partial charge in [0.25, 0.3) is 5.60 Å². The van der Waals surface area contributed by atoms with Crippen LogP contribution in [0.5, 0.6) is 0 Å². The SMILES string of the molecule is Cc1oc(C2=NOC(c3cc(Cl)c(Cl)c(Cl)c3)(C(F)(F)F)C2)cc1CN.O=C(O)C1CC1. The molecule has 2 heterocycles. The molecular formula is C20H18Cl3F3N2O4. The molecule has 6 nitrogen and oxygen atoms in total. The number of nitrogens with zero attached hydrogens (tertiary/aromatic N) is 1. The van der Waals surface area contributed by atoms with E-state index in [1.165, 1.54) is 0 Å². The summed E-state index contributed by atoms with van der Waals surface area (Å²) in [4.78, 5) is 14.7. The molecule has 32 heavy (non-hydrogen) atoms. The third-order valence-electron chi connectivity index (χ3n) is 5.09. The highest BCUT2D eigenvalue weighted by Gasteiger charge is 2.62. The first-order chi connectivity index (χ1) is 14.9. The van der Waals surface area contributed by atoms with Crippen molar-refractivity contribution in [3.8, 4) is 0 Å². The summed E-state index contributed by atoms with van der Waals surface area (Å²) in [5, 5.41) is 11.4. The van der Waals surface area contributed by atoms with Gasteiger partial charge < -0.3 is 20.1 Å². The first kappa shape index (κ1) is 24.7. The molecule has 2 aromatic rings. The number of carboxylic acid groups (broad SMARTS) is 1. The van der Waals surface area contributed by atoms with Crippen molar-refractivity contribution in [2.75, 3.05) is 0 Å². The average molecular weight is 514 g/mol. The third-order valence-corrected chi connectivity index (χ3v) is 6.28. The van der Waals surface area contributed by atoms with Crippen LogP contribution in [0.15, 0.2) is 27.8 Å². The number of aliphatic carboxylic acids is 1. The average Bonchev–Trinajstić information content (AvgIpc) is 3.35. The third kappa shape index (κ3) is 4.85. The smallest absolute Gasteiger partial charge is 0.435 e. The molecule has 1 saturated carbocycles. The summed E-state index contributed by atoms with van der Waals surface area (Å²) in [6.45, 7) is 1.86. The number of oxime groups is 1. The van der Waals surface area contributed by atoms with Gasteiger partial charge in [-0.25, -0.2) is 0 Å². The van der Waals surface area contributed by atoms with Gasteiger partial charge in [0.2, 0.25) is 0 Å². The summed E-state index contributed by atoms with van der Waals surface area (Å²) < 4.78 is 47.3. The summed E-state index contributed by atoms with van der Waals surface area (Å²) in [6, 6.07) is 3.69. The number of halogens is 6. The Balaban J connectivity index is 0.000000416. The molecule has 0 bridgehead atoms. The molecule has 0 amide bonds. The molecule has 1 aromatic heterocycles. The Labute approximate surface area is 196 Å². The maximum Gasteiger partial charge on any atom is 0.435 e. The zero-order valence-corrected chi connectivity index (χ0v) is 18.9. The van der Waals surface area contributed by atoms with Gasteiger partial charge >= 0.3 is 12.1 Å². The number of hydrogen-bond donors (Lipinski definition) is 2. The molecule has 174 valence electrons. The number of nitrogens with two attached hydrogens (primary N) is 1. The van der Waals surface area contributed by atoms with Crippen LogP contribution in [0.25, 0.3) is 0 Å². The van der Waals surface area contributed by atoms with E-state index in [1.54, 1.807) is 13.0 Å². The molecule has 1 aliphatic carbocycles. The molecule has 1 atom stereocenters. The number of carbonyl (C=O) groups is 1. The minimum absolute atomic E-state index is 0.00678. The molecule has 0 spiro atoms. The van der Waals surface area contributed by atoms with Gasteiger partial charge in [-0.1, -0.05) is 40.0 Å². The van der Waals surface area contributed by atoms with E-state index in [1.807, 2.05) is 0 Å². The minimum atomic E-state index is -4.79. The van der Waals surface area contributed by atoms with E-state index in [-0.39, 0.29) is 44.6 Å². The number of alkyl halides is 3. The van der Waals surface area contributed by atoms with Crippen molar-refractivity contribution in [3.05, 3.63) is 55.9 Å². The van der Waals surface area contributed by atoms with Crippen LogP contribution in [-0.4, -0.2) is 23.0 Å². The molecule has 0 saturated heterocycles. The summed E-state index contributed by atoms with van der Waals surface area (Å²) in [5.74, 6) is 0.0625. The highest BCUT2D eigenvalue weighted by molar-refractivity contribution is 6.48. The maximum absolute atomic E-state index is 13.9. The van der Waals surface area contributed by atoms with Gasteiger partial charge in [-0.2, -0.15) is 13.2 Å². The topological polar surface area (TPSA) is 98.0 Å². The van der Waals surface area contributed by atoms with Crippen molar-refractivity contribution in [1.82, 2.24) is 0 Å².